The van der Waals surface area contributed by atoms with Gasteiger partial charge in [0.1, 0.15) is 0 Å². The van der Waals surface area contributed by atoms with Crippen LogP contribution in [0.3, 0.4) is 0 Å². The number of ketones is 1. The van der Waals surface area contributed by atoms with Gasteiger partial charge in [-0.3, -0.25) is 4.79 Å². The van der Waals surface area contributed by atoms with E-state index < -0.39 is 6.43 Å². The van der Waals surface area contributed by atoms with Crippen molar-refractivity contribution in [3.8, 4) is 0 Å². The fraction of sp³-hybridized carbons (Fsp3) is 0.364. The molecule has 0 spiro atoms. The molecule has 0 aliphatic rings. The molecule has 0 aliphatic carbocycles. The number of carbonyl (C=O) groups excluding carboxylic acids is 1. The van der Waals surface area contributed by atoms with Crippen molar-refractivity contribution < 1.29 is 13.6 Å². The molecule has 1 atom stereocenters. The Bertz CT molecular complexity index is 375. The van der Waals surface area contributed by atoms with E-state index in [0.717, 1.165) is 0 Å². The van der Waals surface area contributed by atoms with Crippen molar-refractivity contribution in [2.24, 2.45) is 0 Å². The van der Waals surface area contributed by atoms with Gasteiger partial charge in [0.15, 0.2) is 5.78 Å². The number of hydrogen-bond acceptors (Lipinski definition) is 1. The Labute approximate surface area is 95.6 Å². The predicted molar refractivity (Wildman–Crippen MR) is 58.9 cm³/mol. The van der Waals surface area contributed by atoms with Crippen LogP contribution in [0.1, 0.15) is 34.8 Å². The monoisotopic (exact) mass is 276 g/mol. The second-order valence-electron chi connectivity index (χ2n) is 3.41. The van der Waals surface area contributed by atoms with Gasteiger partial charge in [0.2, 0.25) is 0 Å². The van der Waals surface area contributed by atoms with Gasteiger partial charge < -0.3 is 0 Å². The van der Waals surface area contributed by atoms with Gasteiger partial charge in [-0.2, -0.15) is 0 Å². The van der Waals surface area contributed by atoms with Gasteiger partial charge in [0.05, 0.1) is 4.83 Å². The maximum Gasteiger partial charge on any atom is 0.263 e. The summed E-state index contributed by atoms with van der Waals surface area (Å²) in [6.45, 7) is 3.37. The number of rotatable bonds is 3. The van der Waals surface area contributed by atoms with Crippen LogP contribution in [0.4, 0.5) is 8.78 Å². The SMILES string of the molecule is Cc1cc(C(=O)C(C)Br)cc(C(F)F)c1. The van der Waals surface area contributed by atoms with E-state index >= 15 is 0 Å². The third-order valence-electron chi connectivity index (χ3n) is 2.00. The van der Waals surface area contributed by atoms with E-state index in [1.807, 2.05) is 0 Å². The average molecular weight is 277 g/mol. The van der Waals surface area contributed by atoms with Crippen LogP contribution in [-0.4, -0.2) is 10.6 Å². The molecule has 0 heterocycles. The van der Waals surface area contributed by atoms with E-state index in [4.69, 9.17) is 0 Å². The summed E-state index contributed by atoms with van der Waals surface area (Å²) in [6.07, 6.45) is -2.54. The molecule has 1 unspecified atom stereocenters. The molecule has 0 fully saturated rings. The van der Waals surface area contributed by atoms with E-state index in [9.17, 15) is 13.6 Å². The minimum Gasteiger partial charge on any atom is -0.293 e. The highest BCUT2D eigenvalue weighted by molar-refractivity contribution is 9.10. The molecule has 0 N–H and O–H groups in total. The number of aryl methyl sites for hydroxylation is 1. The third-order valence-corrected chi connectivity index (χ3v) is 2.41. The highest BCUT2D eigenvalue weighted by atomic mass is 79.9. The summed E-state index contributed by atoms with van der Waals surface area (Å²) in [5.41, 5.74) is 0.894. The Morgan fingerprint density at radius 2 is 1.93 bits per heavy atom. The smallest absolute Gasteiger partial charge is 0.263 e. The highest BCUT2D eigenvalue weighted by Crippen LogP contribution is 2.22. The standard InChI is InChI=1S/C11H11BrF2O/c1-6-3-8(10(15)7(2)12)5-9(4-6)11(13)14/h3-5,7,11H,1-2H3. The van der Waals surface area contributed by atoms with Crippen LogP contribution in [0.15, 0.2) is 18.2 Å². The predicted octanol–water partition coefficient (Wildman–Crippen LogP) is 3.90. The van der Waals surface area contributed by atoms with E-state index in [2.05, 4.69) is 15.9 Å². The average Bonchev–Trinajstić information content (AvgIpc) is 2.15. The van der Waals surface area contributed by atoms with Crippen LogP contribution in [0.25, 0.3) is 0 Å². The largest absolute Gasteiger partial charge is 0.293 e. The molecule has 1 nitrogen and oxygen atoms in total. The molecule has 1 rings (SSSR count). The van der Waals surface area contributed by atoms with Crippen molar-refractivity contribution in [1.82, 2.24) is 0 Å². The summed E-state index contributed by atoms with van der Waals surface area (Å²) in [6, 6.07) is 4.25. The molecule has 4 heteroatoms. The summed E-state index contributed by atoms with van der Waals surface area (Å²) in [4.78, 5) is 11.2. The minimum atomic E-state index is -2.54. The molecular weight excluding hydrogens is 266 g/mol. The number of benzene rings is 1. The van der Waals surface area contributed by atoms with Crippen molar-refractivity contribution in [3.63, 3.8) is 0 Å². The lowest BCUT2D eigenvalue weighted by Gasteiger charge is -2.07. The lowest BCUT2D eigenvalue weighted by Crippen LogP contribution is -2.10. The van der Waals surface area contributed by atoms with Crippen molar-refractivity contribution >= 4 is 21.7 Å². The Morgan fingerprint density at radius 3 is 2.40 bits per heavy atom. The number of hydrogen-bond donors (Lipinski definition) is 0. The molecule has 0 amide bonds. The summed E-state index contributed by atoms with van der Waals surface area (Å²) >= 11 is 3.13. The molecule has 0 saturated heterocycles. The van der Waals surface area contributed by atoms with Crippen LogP contribution < -0.4 is 0 Å². The number of Topliss-reactive ketones (excluding diaryl/α,β-unsaturated/α-hetero) is 1. The first-order valence-corrected chi connectivity index (χ1v) is 5.41. The zero-order chi connectivity index (χ0) is 11.6. The van der Waals surface area contributed by atoms with E-state index in [0.29, 0.717) is 11.1 Å². The number of carbonyl (C=O) groups is 1. The van der Waals surface area contributed by atoms with Gasteiger partial charge in [-0.05, 0) is 31.5 Å². The highest BCUT2D eigenvalue weighted by Gasteiger charge is 2.15. The lowest BCUT2D eigenvalue weighted by molar-refractivity contribution is 0.0995. The molecule has 0 aromatic heterocycles. The Morgan fingerprint density at radius 1 is 1.33 bits per heavy atom. The lowest BCUT2D eigenvalue weighted by atomic mass is 10.0. The van der Waals surface area contributed by atoms with Crippen LogP contribution in [0.2, 0.25) is 0 Å². The van der Waals surface area contributed by atoms with Gasteiger partial charge in [-0.25, -0.2) is 8.78 Å². The van der Waals surface area contributed by atoms with Gasteiger partial charge >= 0.3 is 0 Å². The number of alkyl halides is 3. The van der Waals surface area contributed by atoms with Crippen molar-refractivity contribution in [3.05, 3.63) is 34.9 Å². The first-order valence-electron chi connectivity index (χ1n) is 4.50. The first-order chi connectivity index (χ1) is 6.91. The zero-order valence-corrected chi connectivity index (χ0v) is 10.0. The van der Waals surface area contributed by atoms with E-state index in [-0.39, 0.29) is 16.2 Å². The maximum atomic E-state index is 12.5. The molecule has 1 aromatic rings. The van der Waals surface area contributed by atoms with Crippen LogP contribution in [0, 0.1) is 6.92 Å². The van der Waals surface area contributed by atoms with Crippen molar-refractivity contribution in [2.75, 3.05) is 0 Å². The summed E-state index contributed by atoms with van der Waals surface area (Å²) in [5.74, 6) is -0.180. The fourth-order valence-electron chi connectivity index (χ4n) is 1.31. The van der Waals surface area contributed by atoms with E-state index in [1.165, 1.54) is 12.1 Å². The van der Waals surface area contributed by atoms with Crippen LogP contribution in [0.5, 0.6) is 0 Å². The van der Waals surface area contributed by atoms with Crippen molar-refractivity contribution in [2.45, 2.75) is 25.1 Å². The molecule has 0 radical (unpaired) electrons. The second-order valence-corrected chi connectivity index (χ2v) is 4.79. The molecule has 15 heavy (non-hydrogen) atoms. The molecule has 0 aliphatic heterocycles. The maximum absolute atomic E-state index is 12.5. The summed E-state index contributed by atoms with van der Waals surface area (Å²) in [5, 5.41) is 0. The van der Waals surface area contributed by atoms with Gasteiger partial charge in [0.25, 0.3) is 6.43 Å². The van der Waals surface area contributed by atoms with Crippen LogP contribution >= 0.6 is 15.9 Å². The Balaban J connectivity index is 3.14. The molecular formula is C11H11BrF2O. The Hall–Kier alpha value is -0.770. The van der Waals surface area contributed by atoms with Crippen LogP contribution in [-0.2, 0) is 0 Å². The molecule has 0 saturated carbocycles. The Kier molecular flexibility index (Phi) is 3.97. The fourth-order valence-corrected chi connectivity index (χ4v) is 1.57. The van der Waals surface area contributed by atoms with E-state index in [1.54, 1.807) is 19.9 Å². The first kappa shape index (κ1) is 12.3. The third kappa shape index (κ3) is 3.09. The molecule has 82 valence electrons. The molecule has 0 bridgehead atoms. The summed E-state index contributed by atoms with van der Waals surface area (Å²) in [7, 11) is 0. The minimum absolute atomic E-state index is 0.105. The van der Waals surface area contributed by atoms with Gasteiger partial charge in [0, 0.05) is 11.1 Å². The molecule has 1 aromatic carbocycles. The zero-order valence-electron chi connectivity index (χ0n) is 8.43. The summed E-state index contributed by atoms with van der Waals surface area (Å²) < 4.78 is 24.9. The van der Waals surface area contributed by atoms with Gasteiger partial charge in [-0.1, -0.05) is 22.0 Å². The second kappa shape index (κ2) is 4.84. The normalized spacial score (nSPS) is 12.9. The quantitative estimate of drug-likeness (QED) is 0.605. The topological polar surface area (TPSA) is 17.1 Å². The van der Waals surface area contributed by atoms with Crippen molar-refractivity contribution in [1.29, 1.82) is 0 Å². The van der Waals surface area contributed by atoms with Gasteiger partial charge in [-0.15, -0.1) is 0 Å². The number of halogens is 3.